The minimum absolute atomic E-state index is 0.404. The first-order valence-electron chi connectivity index (χ1n) is 6.65. The predicted molar refractivity (Wildman–Crippen MR) is 89.0 cm³/mol. The van der Waals surface area contributed by atoms with Crippen molar-refractivity contribution in [3.05, 3.63) is 58.1 Å². The molecular formula is C17H15BrN2O. The van der Waals surface area contributed by atoms with Gasteiger partial charge in [0.25, 0.3) is 0 Å². The average molecular weight is 343 g/mol. The fraction of sp³-hybridized carbons (Fsp3) is 0.118. The molecule has 0 radical (unpaired) electrons. The highest BCUT2D eigenvalue weighted by molar-refractivity contribution is 9.10. The molecule has 0 unspecified atom stereocenters. The lowest BCUT2D eigenvalue weighted by Gasteiger charge is -2.06. The van der Waals surface area contributed by atoms with Crippen molar-refractivity contribution < 1.29 is 4.52 Å². The van der Waals surface area contributed by atoms with Crippen molar-refractivity contribution in [3.63, 3.8) is 0 Å². The van der Waals surface area contributed by atoms with Gasteiger partial charge in [0.2, 0.25) is 0 Å². The number of hydrogen-bond donors (Lipinski definition) is 1. The second-order valence-electron chi connectivity index (χ2n) is 5.08. The second-order valence-corrected chi connectivity index (χ2v) is 6.00. The van der Waals surface area contributed by atoms with Gasteiger partial charge >= 0.3 is 0 Å². The molecule has 0 amide bonds. The molecule has 1 aromatic heterocycles. The minimum atomic E-state index is 0.404. The fourth-order valence-electron chi connectivity index (χ4n) is 2.31. The second kappa shape index (κ2) is 5.37. The molecule has 0 spiro atoms. The summed E-state index contributed by atoms with van der Waals surface area (Å²) in [6.07, 6.45) is 0. The summed E-state index contributed by atoms with van der Waals surface area (Å²) in [6, 6.07) is 14.2. The summed E-state index contributed by atoms with van der Waals surface area (Å²) in [5.74, 6) is 1.11. The van der Waals surface area contributed by atoms with E-state index in [4.69, 9.17) is 10.3 Å². The van der Waals surface area contributed by atoms with Crippen LogP contribution in [0.2, 0.25) is 0 Å². The molecule has 1 heterocycles. The van der Waals surface area contributed by atoms with Gasteiger partial charge in [-0.25, -0.2) is 0 Å². The van der Waals surface area contributed by atoms with Crippen LogP contribution in [0.25, 0.3) is 22.5 Å². The lowest BCUT2D eigenvalue weighted by atomic mass is 9.99. The first-order valence-corrected chi connectivity index (χ1v) is 7.44. The monoisotopic (exact) mass is 342 g/mol. The maximum atomic E-state index is 6.01. The Kier molecular flexibility index (Phi) is 3.55. The van der Waals surface area contributed by atoms with Gasteiger partial charge in [0.05, 0.1) is 5.56 Å². The molecule has 2 N–H and O–H groups in total. The molecule has 106 valence electrons. The van der Waals surface area contributed by atoms with Gasteiger partial charge in [0, 0.05) is 10.0 Å². The third-order valence-electron chi connectivity index (χ3n) is 3.60. The largest absolute Gasteiger partial charge is 0.380 e. The van der Waals surface area contributed by atoms with Crippen LogP contribution in [0.4, 0.5) is 5.82 Å². The van der Waals surface area contributed by atoms with E-state index in [9.17, 15) is 0 Å². The highest BCUT2D eigenvalue weighted by Gasteiger charge is 2.18. The molecule has 3 rings (SSSR count). The maximum absolute atomic E-state index is 6.01. The van der Waals surface area contributed by atoms with Gasteiger partial charge < -0.3 is 10.3 Å². The van der Waals surface area contributed by atoms with Crippen molar-refractivity contribution in [1.29, 1.82) is 0 Å². The van der Waals surface area contributed by atoms with E-state index in [0.29, 0.717) is 11.6 Å². The molecule has 0 aliphatic carbocycles. The van der Waals surface area contributed by atoms with Gasteiger partial charge in [-0.1, -0.05) is 45.4 Å². The third-order valence-corrected chi connectivity index (χ3v) is 4.09. The molecule has 0 aliphatic rings. The van der Waals surface area contributed by atoms with Gasteiger partial charge in [0.1, 0.15) is 0 Å². The van der Waals surface area contributed by atoms with E-state index in [1.54, 1.807) is 0 Å². The zero-order chi connectivity index (χ0) is 15.0. The number of aromatic nitrogens is 1. The van der Waals surface area contributed by atoms with E-state index in [2.05, 4.69) is 47.1 Å². The quantitative estimate of drug-likeness (QED) is 0.715. The number of nitrogens with two attached hydrogens (primary N) is 1. The lowest BCUT2D eigenvalue weighted by Crippen LogP contribution is -1.89. The van der Waals surface area contributed by atoms with E-state index >= 15 is 0 Å². The number of anilines is 1. The molecule has 0 atom stereocenters. The number of nitrogen functional groups attached to an aromatic ring is 1. The van der Waals surface area contributed by atoms with Crippen LogP contribution in [-0.2, 0) is 0 Å². The fourth-order valence-corrected chi connectivity index (χ4v) is 2.70. The summed E-state index contributed by atoms with van der Waals surface area (Å²) in [5.41, 5.74) is 11.3. The lowest BCUT2D eigenvalue weighted by molar-refractivity contribution is 0.436. The molecule has 3 aromatic rings. The van der Waals surface area contributed by atoms with Crippen LogP contribution in [0.3, 0.4) is 0 Å². The van der Waals surface area contributed by atoms with Crippen LogP contribution in [-0.4, -0.2) is 5.16 Å². The first kappa shape index (κ1) is 13.9. The van der Waals surface area contributed by atoms with Crippen LogP contribution in [0.5, 0.6) is 0 Å². The SMILES string of the molecule is Cc1ccc(-c2onc(N)c2-c2cccc(Br)c2)cc1C. The van der Waals surface area contributed by atoms with E-state index in [-0.39, 0.29) is 0 Å². The van der Waals surface area contributed by atoms with Crippen molar-refractivity contribution in [1.82, 2.24) is 5.16 Å². The molecule has 0 fully saturated rings. The van der Waals surface area contributed by atoms with Crippen LogP contribution < -0.4 is 5.73 Å². The highest BCUT2D eigenvalue weighted by Crippen LogP contribution is 2.37. The van der Waals surface area contributed by atoms with Crippen molar-refractivity contribution in [2.75, 3.05) is 5.73 Å². The molecule has 3 nitrogen and oxygen atoms in total. The van der Waals surface area contributed by atoms with Gasteiger partial charge in [-0.3, -0.25) is 0 Å². The van der Waals surface area contributed by atoms with Crippen molar-refractivity contribution >= 4 is 21.7 Å². The number of benzene rings is 2. The van der Waals surface area contributed by atoms with Gasteiger partial charge in [-0.05, 0) is 48.7 Å². The van der Waals surface area contributed by atoms with E-state index in [1.165, 1.54) is 11.1 Å². The third kappa shape index (κ3) is 2.59. The van der Waals surface area contributed by atoms with Crippen molar-refractivity contribution in [2.45, 2.75) is 13.8 Å². The molecule has 0 saturated heterocycles. The van der Waals surface area contributed by atoms with Gasteiger partial charge in [-0.15, -0.1) is 0 Å². The molecule has 0 aliphatic heterocycles. The number of aryl methyl sites for hydroxylation is 2. The Morgan fingerprint density at radius 3 is 2.52 bits per heavy atom. The Labute approximate surface area is 131 Å². The molecule has 21 heavy (non-hydrogen) atoms. The van der Waals surface area contributed by atoms with Crippen LogP contribution in [0.15, 0.2) is 51.5 Å². The zero-order valence-corrected chi connectivity index (χ0v) is 13.4. The number of hydrogen-bond acceptors (Lipinski definition) is 3. The van der Waals surface area contributed by atoms with Crippen molar-refractivity contribution in [3.8, 4) is 22.5 Å². The van der Waals surface area contributed by atoms with Crippen LogP contribution in [0, 0.1) is 13.8 Å². The number of halogens is 1. The smallest absolute Gasteiger partial charge is 0.176 e. The minimum Gasteiger partial charge on any atom is -0.380 e. The Bertz CT molecular complexity index is 808. The number of rotatable bonds is 2. The van der Waals surface area contributed by atoms with E-state index < -0.39 is 0 Å². The summed E-state index contributed by atoms with van der Waals surface area (Å²) in [6.45, 7) is 4.17. The van der Waals surface area contributed by atoms with E-state index in [0.717, 1.165) is 21.2 Å². The van der Waals surface area contributed by atoms with Gasteiger partial charge in [-0.2, -0.15) is 0 Å². The standard InChI is InChI=1S/C17H15BrN2O/c1-10-6-7-13(8-11(10)2)16-15(17(19)20-21-16)12-4-3-5-14(18)9-12/h3-9H,1-2H3,(H2,19,20). The normalized spacial score (nSPS) is 10.8. The summed E-state index contributed by atoms with van der Waals surface area (Å²) in [4.78, 5) is 0. The highest BCUT2D eigenvalue weighted by atomic mass is 79.9. The number of nitrogens with zero attached hydrogens (tertiary/aromatic N) is 1. The summed E-state index contributed by atoms with van der Waals surface area (Å²) < 4.78 is 6.47. The summed E-state index contributed by atoms with van der Waals surface area (Å²) >= 11 is 3.48. The Morgan fingerprint density at radius 1 is 1.00 bits per heavy atom. The topological polar surface area (TPSA) is 52.0 Å². The van der Waals surface area contributed by atoms with Crippen LogP contribution >= 0.6 is 15.9 Å². The van der Waals surface area contributed by atoms with Crippen LogP contribution in [0.1, 0.15) is 11.1 Å². The maximum Gasteiger partial charge on any atom is 0.176 e. The van der Waals surface area contributed by atoms with Crippen molar-refractivity contribution in [2.24, 2.45) is 0 Å². The summed E-state index contributed by atoms with van der Waals surface area (Å²) in [7, 11) is 0. The zero-order valence-electron chi connectivity index (χ0n) is 11.9. The van der Waals surface area contributed by atoms with Gasteiger partial charge in [0.15, 0.2) is 11.6 Å². The first-order chi connectivity index (χ1) is 10.1. The Balaban J connectivity index is 2.19. The Morgan fingerprint density at radius 2 is 1.81 bits per heavy atom. The average Bonchev–Trinajstić information content (AvgIpc) is 2.84. The molecule has 0 saturated carbocycles. The molecular weight excluding hydrogens is 328 g/mol. The summed E-state index contributed by atoms with van der Waals surface area (Å²) in [5, 5.41) is 3.94. The van der Waals surface area contributed by atoms with E-state index in [1.807, 2.05) is 30.3 Å². The Hall–Kier alpha value is -2.07. The molecule has 0 bridgehead atoms. The molecule has 4 heteroatoms. The molecule has 2 aromatic carbocycles. The predicted octanol–water partition coefficient (Wildman–Crippen LogP) is 4.97.